The molecule has 3 aromatic rings. The molecular formula is C26H29N3O4. The predicted octanol–water partition coefficient (Wildman–Crippen LogP) is 3.93. The van der Waals surface area contributed by atoms with Crippen LogP contribution < -0.4 is 20.2 Å². The number of amides is 2. The number of aryl methyl sites for hydroxylation is 1. The molecule has 0 saturated heterocycles. The van der Waals surface area contributed by atoms with E-state index in [-0.39, 0.29) is 19.1 Å². The van der Waals surface area contributed by atoms with Crippen molar-refractivity contribution in [3.63, 3.8) is 0 Å². The molecule has 2 N–H and O–H groups in total. The van der Waals surface area contributed by atoms with E-state index in [2.05, 4.69) is 29.7 Å². The van der Waals surface area contributed by atoms with Crippen LogP contribution in [0.2, 0.25) is 0 Å². The summed E-state index contributed by atoms with van der Waals surface area (Å²) in [6.07, 6.45) is 1.59. The molecule has 0 aromatic heterocycles. The molecule has 33 heavy (non-hydrogen) atoms. The largest absolute Gasteiger partial charge is 0.496 e. The van der Waals surface area contributed by atoms with Crippen molar-refractivity contribution in [1.82, 2.24) is 10.7 Å². The van der Waals surface area contributed by atoms with Crippen molar-refractivity contribution in [2.24, 2.45) is 5.10 Å². The van der Waals surface area contributed by atoms with Gasteiger partial charge in [0.2, 0.25) is 0 Å². The van der Waals surface area contributed by atoms with Crippen LogP contribution in [0.4, 0.5) is 0 Å². The standard InChI is InChI=1S/C26H29N3O4/c1-17(2)23-13-21(18(3)11-24(23)32-4)14-28-29-25(30)15-27-26(31)16-33-22-10-9-19-7-5-6-8-20(19)12-22/h5-14,17H,15-16H2,1-4H3,(H,27,31)(H,29,30). The number of carbonyl (C=O) groups is 2. The first-order chi connectivity index (χ1) is 15.9. The Morgan fingerprint density at radius 3 is 2.52 bits per heavy atom. The number of methoxy groups -OCH3 is 1. The topological polar surface area (TPSA) is 89.0 Å². The zero-order chi connectivity index (χ0) is 23.8. The number of rotatable bonds is 9. The van der Waals surface area contributed by atoms with Crippen LogP contribution in [0, 0.1) is 6.92 Å². The van der Waals surface area contributed by atoms with Gasteiger partial charge in [-0.2, -0.15) is 5.10 Å². The minimum absolute atomic E-state index is 0.183. The lowest BCUT2D eigenvalue weighted by Gasteiger charge is -2.14. The quantitative estimate of drug-likeness (QED) is 0.384. The molecule has 2 amide bonds. The first kappa shape index (κ1) is 23.8. The first-order valence-corrected chi connectivity index (χ1v) is 10.8. The van der Waals surface area contributed by atoms with Gasteiger partial charge in [-0.1, -0.05) is 44.2 Å². The number of nitrogens with zero attached hydrogens (tertiary/aromatic N) is 1. The van der Waals surface area contributed by atoms with E-state index in [1.165, 1.54) is 0 Å². The summed E-state index contributed by atoms with van der Waals surface area (Å²) in [6, 6.07) is 17.5. The van der Waals surface area contributed by atoms with Crippen LogP contribution in [0.15, 0.2) is 59.7 Å². The van der Waals surface area contributed by atoms with Gasteiger partial charge < -0.3 is 14.8 Å². The lowest BCUT2D eigenvalue weighted by Crippen LogP contribution is -2.37. The highest BCUT2D eigenvalue weighted by Crippen LogP contribution is 2.29. The van der Waals surface area contributed by atoms with Crippen LogP contribution in [0.25, 0.3) is 10.8 Å². The molecule has 0 radical (unpaired) electrons. The van der Waals surface area contributed by atoms with Crippen molar-refractivity contribution in [1.29, 1.82) is 0 Å². The normalized spacial score (nSPS) is 11.1. The maximum atomic E-state index is 12.0. The van der Waals surface area contributed by atoms with E-state index in [4.69, 9.17) is 9.47 Å². The summed E-state index contributed by atoms with van der Waals surface area (Å²) in [6.45, 7) is 5.74. The van der Waals surface area contributed by atoms with Gasteiger partial charge in [0.15, 0.2) is 6.61 Å². The Labute approximate surface area is 193 Å². The molecular weight excluding hydrogens is 418 g/mol. The molecule has 0 atom stereocenters. The van der Waals surface area contributed by atoms with Crippen LogP contribution in [0.3, 0.4) is 0 Å². The number of hydrazone groups is 1. The van der Waals surface area contributed by atoms with Crippen LogP contribution in [-0.4, -0.2) is 38.3 Å². The average molecular weight is 448 g/mol. The fraction of sp³-hybridized carbons (Fsp3) is 0.269. The van der Waals surface area contributed by atoms with Crippen LogP contribution >= 0.6 is 0 Å². The summed E-state index contributed by atoms with van der Waals surface area (Å²) in [5.74, 6) is 0.885. The van der Waals surface area contributed by atoms with Crippen LogP contribution in [0.5, 0.6) is 11.5 Å². The van der Waals surface area contributed by atoms with Gasteiger partial charge in [-0.15, -0.1) is 0 Å². The molecule has 0 spiro atoms. The minimum atomic E-state index is -0.430. The van der Waals surface area contributed by atoms with Crippen molar-refractivity contribution in [2.75, 3.05) is 20.3 Å². The maximum absolute atomic E-state index is 12.0. The van der Waals surface area contributed by atoms with Gasteiger partial charge in [0.05, 0.1) is 19.9 Å². The molecule has 0 aliphatic rings. The molecule has 0 heterocycles. The Balaban J connectivity index is 1.46. The minimum Gasteiger partial charge on any atom is -0.496 e. The summed E-state index contributed by atoms with van der Waals surface area (Å²) < 4.78 is 11.0. The molecule has 0 aliphatic carbocycles. The number of carbonyl (C=O) groups excluding carboxylic acids is 2. The van der Waals surface area contributed by atoms with Gasteiger partial charge >= 0.3 is 0 Å². The molecule has 0 aliphatic heterocycles. The van der Waals surface area contributed by atoms with E-state index >= 15 is 0 Å². The molecule has 0 bridgehead atoms. The molecule has 0 fully saturated rings. The Morgan fingerprint density at radius 1 is 1.03 bits per heavy atom. The second-order valence-corrected chi connectivity index (χ2v) is 7.97. The summed E-state index contributed by atoms with van der Waals surface area (Å²) >= 11 is 0. The van der Waals surface area contributed by atoms with E-state index in [0.717, 1.165) is 33.2 Å². The van der Waals surface area contributed by atoms with Gasteiger partial charge in [0, 0.05) is 0 Å². The third kappa shape index (κ3) is 6.55. The second-order valence-electron chi connectivity index (χ2n) is 7.97. The van der Waals surface area contributed by atoms with Gasteiger partial charge in [-0.25, -0.2) is 5.43 Å². The molecule has 7 heteroatoms. The van der Waals surface area contributed by atoms with Gasteiger partial charge in [-0.3, -0.25) is 9.59 Å². The Morgan fingerprint density at radius 2 is 1.79 bits per heavy atom. The zero-order valence-electron chi connectivity index (χ0n) is 19.3. The third-order valence-electron chi connectivity index (χ3n) is 5.17. The smallest absolute Gasteiger partial charge is 0.259 e. The van der Waals surface area contributed by atoms with Gasteiger partial charge in [0.1, 0.15) is 11.5 Å². The molecule has 3 aromatic carbocycles. The zero-order valence-corrected chi connectivity index (χ0v) is 19.3. The number of ether oxygens (including phenoxy) is 2. The number of hydrogen-bond donors (Lipinski definition) is 2. The number of hydrogen-bond acceptors (Lipinski definition) is 5. The summed E-state index contributed by atoms with van der Waals surface area (Å²) in [5, 5.41) is 8.66. The number of benzene rings is 3. The molecule has 0 saturated carbocycles. The molecule has 3 rings (SSSR count). The highest BCUT2D eigenvalue weighted by Gasteiger charge is 2.11. The van der Waals surface area contributed by atoms with E-state index in [1.54, 1.807) is 13.3 Å². The van der Waals surface area contributed by atoms with Gasteiger partial charge in [0.25, 0.3) is 11.8 Å². The summed E-state index contributed by atoms with van der Waals surface area (Å²) in [5.41, 5.74) is 5.36. The Hall–Kier alpha value is -3.87. The first-order valence-electron chi connectivity index (χ1n) is 10.8. The maximum Gasteiger partial charge on any atom is 0.259 e. The van der Waals surface area contributed by atoms with Gasteiger partial charge in [-0.05, 0) is 64.6 Å². The lowest BCUT2D eigenvalue weighted by molar-refractivity contribution is -0.127. The molecule has 172 valence electrons. The van der Waals surface area contributed by atoms with E-state index < -0.39 is 11.8 Å². The molecule has 7 nitrogen and oxygen atoms in total. The third-order valence-corrected chi connectivity index (χ3v) is 5.17. The van der Waals surface area contributed by atoms with E-state index in [1.807, 2.05) is 61.5 Å². The van der Waals surface area contributed by atoms with Crippen LogP contribution in [-0.2, 0) is 9.59 Å². The highest BCUT2D eigenvalue weighted by atomic mass is 16.5. The van der Waals surface area contributed by atoms with Crippen molar-refractivity contribution < 1.29 is 19.1 Å². The highest BCUT2D eigenvalue weighted by molar-refractivity contribution is 5.88. The molecule has 0 unspecified atom stereocenters. The SMILES string of the molecule is COc1cc(C)c(C=NNC(=O)CNC(=O)COc2ccc3ccccc3c2)cc1C(C)C. The van der Waals surface area contributed by atoms with Crippen molar-refractivity contribution in [2.45, 2.75) is 26.7 Å². The van der Waals surface area contributed by atoms with Crippen molar-refractivity contribution in [3.05, 3.63) is 71.3 Å². The fourth-order valence-electron chi connectivity index (χ4n) is 3.33. The lowest BCUT2D eigenvalue weighted by atomic mass is 9.97. The summed E-state index contributed by atoms with van der Waals surface area (Å²) in [7, 11) is 1.65. The number of nitrogens with one attached hydrogen (secondary N) is 2. The van der Waals surface area contributed by atoms with Crippen molar-refractivity contribution >= 4 is 28.8 Å². The van der Waals surface area contributed by atoms with Crippen molar-refractivity contribution in [3.8, 4) is 11.5 Å². The van der Waals surface area contributed by atoms with E-state index in [0.29, 0.717) is 5.75 Å². The fourth-order valence-corrected chi connectivity index (χ4v) is 3.33. The van der Waals surface area contributed by atoms with E-state index in [9.17, 15) is 9.59 Å². The second kappa shape index (κ2) is 11.1. The summed E-state index contributed by atoms with van der Waals surface area (Å²) in [4.78, 5) is 24.0. The monoisotopic (exact) mass is 447 g/mol. The van der Waals surface area contributed by atoms with Crippen LogP contribution in [0.1, 0.15) is 36.5 Å². The predicted molar refractivity (Wildman–Crippen MR) is 130 cm³/mol. The Bertz CT molecular complexity index is 1170. The Kier molecular flexibility index (Phi) is 8.02. The number of fused-ring (bicyclic) bond motifs is 1. The average Bonchev–Trinajstić information content (AvgIpc) is 2.81.